The highest BCUT2D eigenvalue weighted by Gasteiger charge is 2.28. The average Bonchev–Trinajstić information content (AvgIpc) is 3.59. The summed E-state index contributed by atoms with van der Waals surface area (Å²) in [5, 5.41) is 23.9. The monoisotopic (exact) mass is 734 g/mol. The molecule has 6 aromatic rings. The van der Waals surface area contributed by atoms with Crippen molar-refractivity contribution >= 4 is 28.3 Å². The van der Waals surface area contributed by atoms with E-state index in [0.717, 1.165) is 50.4 Å². The summed E-state index contributed by atoms with van der Waals surface area (Å²) >= 11 is 1.00. The molecule has 0 spiro atoms. The zero-order valence-corrected chi connectivity index (χ0v) is 32.0. The highest BCUT2D eigenvalue weighted by Crippen LogP contribution is 2.40. The number of thiazole rings is 1. The molecule has 0 saturated heterocycles. The van der Waals surface area contributed by atoms with Crippen molar-refractivity contribution < 1.29 is 24.5 Å². The molecule has 10 nitrogen and oxygen atoms in total. The number of imidazole rings is 1. The van der Waals surface area contributed by atoms with E-state index in [1.54, 1.807) is 12.1 Å². The number of amides is 1. The van der Waals surface area contributed by atoms with Crippen LogP contribution in [0.5, 0.6) is 28.9 Å². The number of nitrogens with zero attached hydrogens (tertiary/aromatic N) is 2. The summed E-state index contributed by atoms with van der Waals surface area (Å²) in [6.07, 6.45) is 1.11. The number of fused-ring (bicyclic) bond motifs is 1. The van der Waals surface area contributed by atoms with Crippen molar-refractivity contribution in [2.24, 2.45) is 7.05 Å². The zero-order chi connectivity index (χ0) is 38.1. The molecule has 0 saturated carbocycles. The number of aromatic amines is 1. The van der Waals surface area contributed by atoms with Gasteiger partial charge in [-0.3, -0.25) is 14.6 Å². The molecule has 11 heteroatoms. The van der Waals surface area contributed by atoms with Crippen LogP contribution in [0.15, 0.2) is 83.7 Å². The molecule has 4 aromatic carbocycles. The van der Waals surface area contributed by atoms with Gasteiger partial charge in [0.05, 0.1) is 15.9 Å². The number of carbonyl (C=O) groups excluding carboxylic acids is 1. The molecule has 4 N–H and O–H groups in total. The first-order valence-corrected chi connectivity index (χ1v) is 18.4. The first kappa shape index (κ1) is 37.2. The molecule has 0 radical (unpaired) electrons. The van der Waals surface area contributed by atoms with Gasteiger partial charge in [-0.15, -0.1) is 0 Å². The Kier molecular flexibility index (Phi) is 10.4. The molecule has 276 valence electrons. The molecule has 0 atom stereocenters. The van der Waals surface area contributed by atoms with Crippen LogP contribution in [-0.2, 0) is 37.3 Å². The van der Waals surface area contributed by atoms with E-state index in [1.165, 1.54) is 0 Å². The molecule has 0 fully saturated rings. The smallest absolute Gasteiger partial charge is 0.307 e. The van der Waals surface area contributed by atoms with Gasteiger partial charge in [0.2, 0.25) is 5.88 Å². The number of benzene rings is 4. The van der Waals surface area contributed by atoms with Crippen LogP contribution in [0.4, 0.5) is 0 Å². The van der Waals surface area contributed by atoms with Crippen molar-refractivity contribution in [1.29, 1.82) is 0 Å². The second-order valence-corrected chi connectivity index (χ2v) is 16.4. The summed E-state index contributed by atoms with van der Waals surface area (Å²) in [5.74, 6) is 2.83. The van der Waals surface area contributed by atoms with E-state index in [2.05, 4.69) is 10.3 Å². The minimum Gasteiger partial charge on any atom is -0.507 e. The maximum absolute atomic E-state index is 13.2. The molecule has 0 aliphatic heterocycles. The number of H-pyrrole nitrogens is 1. The third-order valence-electron chi connectivity index (χ3n) is 9.15. The molecule has 6 rings (SSSR count). The normalized spacial score (nSPS) is 11.9. The third-order valence-corrected chi connectivity index (χ3v) is 10.0. The zero-order valence-electron chi connectivity index (χ0n) is 31.2. The molecule has 2 heterocycles. The molecule has 0 aliphatic rings. The van der Waals surface area contributed by atoms with Gasteiger partial charge in [0.15, 0.2) is 0 Å². The predicted molar refractivity (Wildman–Crippen MR) is 209 cm³/mol. The molecular weight excluding hydrogens is 689 g/mol. The standard InChI is InChI=1S/C42H46N4O6S/c1-41(2,3)31-21-27(22-32(37(31)47)42(4,5)6)38(48)43-19-18-25-8-14-29(15-9-25)52-30-16-17-33-34(23-30)46(7)36(44-33)24-51-28-12-10-26(11-13-28)20-35-39(49)45-40(50)53-35/h8-17,21-23,47,49H,18-20,24H2,1-7H3,(H,43,48)(H,45,50). The third kappa shape index (κ3) is 8.74. The Labute approximate surface area is 313 Å². The minimum absolute atomic E-state index is 0.0825. The predicted octanol–water partition coefficient (Wildman–Crippen LogP) is 8.26. The highest BCUT2D eigenvalue weighted by molar-refractivity contribution is 7.09. The van der Waals surface area contributed by atoms with Crippen molar-refractivity contribution in [3.05, 3.63) is 127 Å². The van der Waals surface area contributed by atoms with Crippen molar-refractivity contribution in [3.63, 3.8) is 0 Å². The van der Waals surface area contributed by atoms with Crippen LogP contribution in [0.3, 0.4) is 0 Å². The first-order chi connectivity index (χ1) is 25.0. The number of carbonyl (C=O) groups is 1. The van der Waals surface area contributed by atoms with E-state index in [9.17, 15) is 19.8 Å². The van der Waals surface area contributed by atoms with E-state index in [1.807, 2.05) is 120 Å². The van der Waals surface area contributed by atoms with Crippen LogP contribution in [0.1, 0.15) is 84.9 Å². The Morgan fingerprint density at radius 2 is 1.45 bits per heavy atom. The van der Waals surface area contributed by atoms with Crippen LogP contribution < -0.4 is 19.7 Å². The molecule has 0 aliphatic carbocycles. The number of ether oxygens (including phenoxy) is 2. The largest absolute Gasteiger partial charge is 0.507 e. The summed E-state index contributed by atoms with van der Waals surface area (Å²) < 4.78 is 14.2. The minimum atomic E-state index is -0.314. The lowest BCUT2D eigenvalue weighted by Gasteiger charge is -2.28. The SMILES string of the molecule is Cn1c(COc2ccc(Cc3sc(=O)[nH]c3O)cc2)nc2ccc(Oc3ccc(CCNC(=O)c4cc(C(C)(C)C)c(O)c(C(C)(C)C)c4)cc3)cc21. The molecular formula is C42H46N4O6S. The van der Waals surface area contributed by atoms with E-state index in [4.69, 9.17) is 14.5 Å². The maximum Gasteiger partial charge on any atom is 0.307 e. The van der Waals surface area contributed by atoms with Gasteiger partial charge < -0.3 is 29.6 Å². The van der Waals surface area contributed by atoms with Gasteiger partial charge in [0.1, 0.15) is 35.4 Å². The number of nitrogens with one attached hydrogen (secondary N) is 2. The van der Waals surface area contributed by atoms with Crippen LogP contribution in [0.25, 0.3) is 11.0 Å². The Bertz CT molecular complexity index is 2270. The van der Waals surface area contributed by atoms with Crippen molar-refractivity contribution in [2.45, 2.75) is 71.8 Å². The van der Waals surface area contributed by atoms with Gasteiger partial charge in [0, 0.05) is 42.8 Å². The first-order valence-electron chi connectivity index (χ1n) is 17.6. The number of aryl methyl sites for hydroxylation is 1. The summed E-state index contributed by atoms with van der Waals surface area (Å²) in [5.41, 5.74) is 5.19. The van der Waals surface area contributed by atoms with Crippen LogP contribution in [-0.4, -0.2) is 37.2 Å². The highest BCUT2D eigenvalue weighted by atomic mass is 32.1. The lowest BCUT2D eigenvalue weighted by atomic mass is 9.78. The quantitative estimate of drug-likeness (QED) is 0.105. The second kappa shape index (κ2) is 14.8. The topological polar surface area (TPSA) is 139 Å². The van der Waals surface area contributed by atoms with E-state index in [-0.39, 0.29) is 39.8 Å². The summed E-state index contributed by atoms with van der Waals surface area (Å²) in [6, 6.07) is 24.7. The molecule has 2 aromatic heterocycles. The van der Waals surface area contributed by atoms with Gasteiger partial charge in [-0.25, -0.2) is 4.98 Å². The van der Waals surface area contributed by atoms with Crippen LogP contribution >= 0.6 is 11.3 Å². The van der Waals surface area contributed by atoms with Crippen LogP contribution in [0, 0.1) is 0 Å². The van der Waals surface area contributed by atoms with E-state index < -0.39 is 0 Å². The average molecular weight is 735 g/mol. The van der Waals surface area contributed by atoms with Gasteiger partial charge in [-0.05, 0) is 76.9 Å². The van der Waals surface area contributed by atoms with E-state index in [0.29, 0.717) is 47.1 Å². The fraction of sp³-hybridized carbons (Fsp3) is 0.310. The summed E-state index contributed by atoms with van der Waals surface area (Å²) in [7, 11) is 1.94. The summed E-state index contributed by atoms with van der Waals surface area (Å²) in [6.45, 7) is 12.9. The number of hydrogen-bond acceptors (Lipinski definition) is 8. The Balaban J connectivity index is 1.03. The second-order valence-electron chi connectivity index (χ2n) is 15.3. The van der Waals surface area contributed by atoms with Gasteiger partial charge in [-0.1, -0.05) is 77.1 Å². The molecule has 0 unspecified atom stereocenters. The van der Waals surface area contributed by atoms with Crippen molar-refractivity contribution in [1.82, 2.24) is 19.9 Å². The van der Waals surface area contributed by atoms with Crippen molar-refractivity contribution in [2.75, 3.05) is 6.54 Å². The Morgan fingerprint density at radius 1 is 0.849 bits per heavy atom. The van der Waals surface area contributed by atoms with Gasteiger partial charge >= 0.3 is 4.87 Å². The Hall–Kier alpha value is -5.55. The number of aromatic hydroxyl groups is 2. The lowest BCUT2D eigenvalue weighted by Crippen LogP contribution is -2.27. The number of phenolic OH excluding ortho intramolecular Hbond substituents is 1. The Morgan fingerprint density at radius 3 is 2.06 bits per heavy atom. The maximum atomic E-state index is 13.2. The number of hydrogen-bond donors (Lipinski definition) is 4. The molecule has 0 bridgehead atoms. The fourth-order valence-electron chi connectivity index (χ4n) is 6.11. The fourth-order valence-corrected chi connectivity index (χ4v) is 6.87. The number of aromatic nitrogens is 3. The lowest BCUT2D eigenvalue weighted by molar-refractivity contribution is 0.0953. The van der Waals surface area contributed by atoms with Crippen molar-refractivity contribution in [3.8, 4) is 28.9 Å². The molecule has 53 heavy (non-hydrogen) atoms. The van der Waals surface area contributed by atoms with Gasteiger partial charge in [0.25, 0.3) is 5.91 Å². The number of phenols is 1. The number of rotatable bonds is 11. The summed E-state index contributed by atoms with van der Waals surface area (Å²) in [4.78, 5) is 32.1. The van der Waals surface area contributed by atoms with Crippen LogP contribution in [0.2, 0.25) is 0 Å². The van der Waals surface area contributed by atoms with E-state index >= 15 is 0 Å². The molecule has 1 amide bonds. The van der Waals surface area contributed by atoms with Gasteiger partial charge in [-0.2, -0.15) is 0 Å².